The van der Waals surface area contributed by atoms with Crippen molar-refractivity contribution in [3.05, 3.63) is 47.3 Å². The van der Waals surface area contributed by atoms with Crippen LogP contribution in [-0.2, 0) is 11.2 Å². The lowest BCUT2D eigenvalue weighted by molar-refractivity contribution is 0.0984. The molecule has 1 amide bonds. The molecule has 0 unspecified atom stereocenters. The van der Waals surface area contributed by atoms with Crippen molar-refractivity contribution in [3.8, 4) is 0 Å². The van der Waals surface area contributed by atoms with E-state index in [2.05, 4.69) is 21.4 Å². The van der Waals surface area contributed by atoms with Crippen molar-refractivity contribution >= 4 is 17.5 Å². The van der Waals surface area contributed by atoms with Crippen molar-refractivity contribution in [1.82, 2.24) is 9.97 Å². The van der Waals surface area contributed by atoms with Crippen LogP contribution in [0.2, 0.25) is 0 Å². The number of aromatic nitrogens is 2. The van der Waals surface area contributed by atoms with Crippen molar-refractivity contribution in [2.24, 2.45) is 0 Å². The predicted molar refractivity (Wildman–Crippen MR) is 93.6 cm³/mol. The molecule has 2 aromatic rings. The summed E-state index contributed by atoms with van der Waals surface area (Å²) >= 11 is 0. The second-order valence-corrected chi connectivity index (χ2v) is 5.83. The Bertz CT molecular complexity index is 733. The summed E-state index contributed by atoms with van der Waals surface area (Å²) < 4.78 is 5.02. The molecule has 6 heteroatoms. The first-order valence-electron chi connectivity index (χ1n) is 8.17. The van der Waals surface area contributed by atoms with Gasteiger partial charge in [0.15, 0.2) is 0 Å². The Morgan fingerprint density at radius 3 is 3.00 bits per heavy atom. The SMILES string of the molecule is COCCCNc1nc(C)cc(C(=O)N2CCc3ccccc32)n1. The average molecular weight is 326 g/mol. The maximum atomic E-state index is 12.9. The molecule has 6 nitrogen and oxygen atoms in total. The Kier molecular flexibility index (Phi) is 5.05. The van der Waals surface area contributed by atoms with E-state index in [4.69, 9.17) is 4.74 Å². The summed E-state index contributed by atoms with van der Waals surface area (Å²) in [7, 11) is 1.67. The van der Waals surface area contributed by atoms with E-state index in [0.29, 0.717) is 31.3 Å². The molecule has 0 fully saturated rings. The van der Waals surface area contributed by atoms with Gasteiger partial charge >= 0.3 is 0 Å². The molecule has 1 N–H and O–H groups in total. The minimum Gasteiger partial charge on any atom is -0.385 e. The fraction of sp³-hybridized carbons (Fsp3) is 0.389. The fourth-order valence-corrected chi connectivity index (χ4v) is 2.86. The molecule has 1 aliphatic heterocycles. The number of hydrogen-bond donors (Lipinski definition) is 1. The van der Waals surface area contributed by atoms with Gasteiger partial charge in [-0.15, -0.1) is 0 Å². The van der Waals surface area contributed by atoms with Crippen LogP contribution in [0.1, 0.15) is 28.2 Å². The Morgan fingerprint density at radius 2 is 2.17 bits per heavy atom. The van der Waals surface area contributed by atoms with Crippen molar-refractivity contribution in [2.45, 2.75) is 19.8 Å². The molecule has 0 saturated heterocycles. The first-order chi connectivity index (χ1) is 11.7. The van der Waals surface area contributed by atoms with Gasteiger partial charge in [0, 0.05) is 38.2 Å². The van der Waals surface area contributed by atoms with Gasteiger partial charge in [0.05, 0.1) is 0 Å². The van der Waals surface area contributed by atoms with Crippen LogP contribution in [0.25, 0.3) is 0 Å². The number of carbonyl (C=O) groups is 1. The van der Waals surface area contributed by atoms with Gasteiger partial charge in [-0.3, -0.25) is 4.79 Å². The maximum Gasteiger partial charge on any atom is 0.277 e. The molecule has 3 rings (SSSR count). The number of nitrogens with one attached hydrogen (secondary N) is 1. The van der Waals surface area contributed by atoms with Crippen LogP contribution in [-0.4, -0.2) is 42.7 Å². The van der Waals surface area contributed by atoms with E-state index in [1.807, 2.05) is 25.1 Å². The van der Waals surface area contributed by atoms with Crippen LogP contribution < -0.4 is 10.2 Å². The number of amides is 1. The normalized spacial score (nSPS) is 13.0. The number of para-hydroxylation sites is 1. The van der Waals surface area contributed by atoms with Gasteiger partial charge < -0.3 is 15.0 Å². The summed E-state index contributed by atoms with van der Waals surface area (Å²) in [5, 5.41) is 3.15. The molecular formula is C18H22N4O2. The standard InChI is InChI=1S/C18H22N4O2/c1-13-12-15(21-18(20-13)19-9-5-11-24-2)17(23)22-10-8-14-6-3-4-7-16(14)22/h3-4,6-7,12H,5,8-11H2,1-2H3,(H,19,20,21). The number of methoxy groups -OCH3 is 1. The zero-order chi connectivity index (χ0) is 16.9. The largest absolute Gasteiger partial charge is 0.385 e. The molecule has 0 saturated carbocycles. The molecule has 1 aromatic carbocycles. The molecule has 0 radical (unpaired) electrons. The molecule has 1 aromatic heterocycles. The quantitative estimate of drug-likeness (QED) is 0.826. The van der Waals surface area contributed by atoms with E-state index in [0.717, 1.165) is 24.2 Å². The summed E-state index contributed by atoms with van der Waals surface area (Å²) in [6, 6.07) is 9.75. The Balaban J connectivity index is 1.77. The van der Waals surface area contributed by atoms with Crippen LogP contribution in [0.4, 0.5) is 11.6 Å². The number of carbonyl (C=O) groups excluding carboxylic acids is 1. The van der Waals surface area contributed by atoms with Crippen molar-refractivity contribution in [3.63, 3.8) is 0 Å². The first kappa shape index (κ1) is 16.4. The topological polar surface area (TPSA) is 67.3 Å². The Morgan fingerprint density at radius 1 is 1.33 bits per heavy atom. The van der Waals surface area contributed by atoms with E-state index < -0.39 is 0 Å². The van der Waals surface area contributed by atoms with Crippen LogP contribution in [0, 0.1) is 6.92 Å². The monoisotopic (exact) mass is 326 g/mol. The van der Waals surface area contributed by atoms with Crippen molar-refractivity contribution in [2.75, 3.05) is 37.0 Å². The van der Waals surface area contributed by atoms with Gasteiger partial charge in [-0.25, -0.2) is 9.97 Å². The Hall–Kier alpha value is -2.47. The fourth-order valence-electron chi connectivity index (χ4n) is 2.86. The number of benzene rings is 1. The molecule has 24 heavy (non-hydrogen) atoms. The third-order valence-corrected chi connectivity index (χ3v) is 4.01. The van der Waals surface area contributed by atoms with Gasteiger partial charge in [0.1, 0.15) is 5.69 Å². The van der Waals surface area contributed by atoms with Gasteiger partial charge in [-0.1, -0.05) is 18.2 Å². The lowest BCUT2D eigenvalue weighted by Gasteiger charge is -2.17. The van der Waals surface area contributed by atoms with Gasteiger partial charge in [0.2, 0.25) is 5.95 Å². The molecule has 126 valence electrons. The van der Waals surface area contributed by atoms with Gasteiger partial charge in [-0.05, 0) is 37.5 Å². The number of ether oxygens (including phenoxy) is 1. The third-order valence-electron chi connectivity index (χ3n) is 4.01. The molecule has 0 bridgehead atoms. The molecule has 0 spiro atoms. The zero-order valence-corrected chi connectivity index (χ0v) is 14.1. The molecule has 1 aliphatic rings. The number of aryl methyl sites for hydroxylation is 1. The summed E-state index contributed by atoms with van der Waals surface area (Å²) in [5.74, 6) is 0.410. The summed E-state index contributed by atoms with van der Waals surface area (Å²) in [6.45, 7) is 3.95. The van der Waals surface area contributed by atoms with E-state index in [1.54, 1.807) is 18.1 Å². The number of hydrogen-bond acceptors (Lipinski definition) is 5. The van der Waals surface area contributed by atoms with Crippen LogP contribution in [0.3, 0.4) is 0 Å². The number of nitrogens with zero attached hydrogens (tertiary/aromatic N) is 3. The Labute approximate surface area is 141 Å². The smallest absolute Gasteiger partial charge is 0.277 e. The van der Waals surface area contributed by atoms with Gasteiger partial charge in [-0.2, -0.15) is 0 Å². The molecule has 0 atom stereocenters. The second-order valence-electron chi connectivity index (χ2n) is 5.83. The van der Waals surface area contributed by atoms with E-state index >= 15 is 0 Å². The number of anilines is 2. The number of fused-ring (bicyclic) bond motifs is 1. The first-order valence-corrected chi connectivity index (χ1v) is 8.17. The highest BCUT2D eigenvalue weighted by molar-refractivity contribution is 6.06. The molecular weight excluding hydrogens is 304 g/mol. The highest BCUT2D eigenvalue weighted by atomic mass is 16.5. The summed E-state index contributed by atoms with van der Waals surface area (Å²) in [4.78, 5) is 23.4. The lowest BCUT2D eigenvalue weighted by atomic mass is 10.2. The minimum atomic E-state index is -0.0783. The molecule has 2 heterocycles. The zero-order valence-electron chi connectivity index (χ0n) is 14.1. The third kappa shape index (κ3) is 3.54. The van der Waals surface area contributed by atoms with E-state index in [9.17, 15) is 4.79 Å². The summed E-state index contributed by atoms with van der Waals surface area (Å²) in [6.07, 6.45) is 1.74. The molecule has 0 aliphatic carbocycles. The van der Waals surface area contributed by atoms with Crippen LogP contribution in [0.15, 0.2) is 30.3 Å². The van der Waals surface area contributed by atoms with E-state index in [-0.39, 0.29) is 5.91 Å². The predicted octanol–water partition coefficient (Wildman–Crippen LogP) is 2.44. The highest BCUT2D eigenvalue weighted by Crippen LogP contribution is 2.28. The van der Waals surface area contributed by atoms with Crippen molar-refractivity contribution in [1.29, 1.82) is 0 Å². The minimum absolute atomic E-state index is 0.0783. The van der Waals surface area contributed by atoms with Gasteiger partial charge in [0.25, 0.3) is 5.91 Å². The van der Waals surface area contributed by atoms with Crippen LogP contribution >= 0.6 is 0 Å². The van der Waals surface area contributed by atoms with Crippen molar-refractivity contribution < 1.29 is 9.53 Å². The van der Waals surface area contributed by atoms with E-state index in [1.165, 1.54) is 5.56 Å². The number of rotatable bonds is 6. The summed E-state index contributed by atoms with van der Waals surface area (Å²) in [5.41, 5.74) is 3.38. The lowest BCUT2D eigenvalue weighted by Crippen LogP contribution is -2.30. The van der Waals surface area contributed by atoms with Crippen LogP contribution in [0.5, 0.6) is 0 Å². The highest BCUT2D eigenvalue weighted by Gasteiger charge is 2.26. The maximum absolute atomic E-state index is 12.9. The average Bonchev–Trinajstić information content (AvgIpc) is 3.02. The second kappa shape index (κ2) is 7.40.